The summed E-state index contributed by atoms with van der Waals surface area (Å²) in [6.07, 6.45) is 5.35. The Morgan fingerprint density at radius 2 is 2.36 bits per heavy atom. The van der Waals surface area contributed by atoms with Crippen LogP contribution < -0.4 is 5.32 Å². The number of likely N-dealkylation sites (N-methyl/N-ethyl adjacent to an activating group) is 1. The zero-order valence-electron chi connectivity index (χ0n) is 12.7. The van der Waals surface area contributed by atoms with Gasteiger partial charge in [-0.15, -0.1) is 11.3 Å². The lowest BCUT2D eigenvalue weighted by molar-refractivity contribution is -0.121. The average molecular weight is 319 g/mol. The van der Waals surface area contributed by atoms with Crippen molar-refractivity contribution in [2.45, 2.75) is 24.9 Å². The Kier molecular flexibility index (Phi) is 3.63. The summed E-state index contributed by atoms with van der Waals surface area (Å²) in [6.45, 7) is 4.35. The van der Waals surface area contributed by atoms with Crippen LogP contribution >= 0.6 is 11.3 Å². The van der Waals surface area contributed by atoms with Crippen LogP contribution in [0.1, 0.15) is 12.1 Å². The van der Waals surface area contributed by atoms with Gasteiger partial charge in [0.25, 0.3) is 0 Å². The fourth-order valence-corrected chi connectivity index (χ4v) is 4.33. The molecule has 0 aliphatic carbocycles. The topological polar surface area (TPSA) is 52.9 Å². The third-order valence-corrected chi connectivity index (χ3v) is 5.44. The van der Waals surface area contributed by atoms with Crippen LogP contribution in [-0.4, -0.2) is 70.4 Å². The number of imidazole rings is 1. The summed E-state index contributed by atoms with van der Waals surface area (Å²) >= 11 is 1.59. The molecule has 2 aliphatic rings. The summed E-state index contributed by atoms with van der Waals surface area (Å²) in [5.41, 5.74) is 0.847. The van der Waals surface area contributed by atoms with E-state index in [1.54, 1.807) is 11.3 Å². The second-order valence-corrected chi connectivity index (χ2v) is 7.29. The van der Waals surface area contributed by atoms with E-state index in [2.05, 4.69) is 27.1 Å². The Balaban J connectivity index is 1.33. The lowest BCUT2D eigenvalue weighted by atomic mass is 10.1. The number of rotatable bonds is 3. The molecule has 0 radical (unpaired) electrons. The van der Waals surface area contributed by atoms with Gasteiger partial charge in [-0.1, -0.05) is 0 Å². The third kappa shape index (κ3) is 2.76. The van der Waals surface area contributed by atoms with Crippen LogP contribution in [0.3, 0.4) is 0 Å². The number of carbonyl (C=O) groups is 1. The highest BCUT2D eigenvalue weighted by atomic mass is 32.1. The molecule has 6 nitrogen and oxygen atoms in total. The quantitative estimate of drug-likeness (QED) is 0.892. The highest BCUT2D eigenvalue weighted by molar-refractivity contribution is 7.15. The maximum absolute atomic E-state index is 12.3. The van der Waals surface area contributed by atoms with Gasteiger partial charge < -0.3 is 10.2 Å². The second-order valence-electron chi connectivity index (χ2n) is 6.41. The number of nitrogens with one attached hydrogen (secondary N) is 1. The van der Waals surface area contributed by atoms with E-state index >= 15 is 0 Å². The van der Waals surface area contributed by atoms with Crippen molar-refractivity contribution >= 4 is 22.2 Å². The molecule has 2 atom stereocenters. The molecule has 1 N–H and O–H groups in total. The van der Waals surface area contributed by atoms with Crippen LogP contribution in [0.15, 0.2) is 17.8 Å². The highest BCUT2D eigenvalue weighted by Crippen LogP contribution is 2.21. The normalized spacial score (nSPS) is 26.4. The molecule has 4 rings (SSSR count). The number of hydrogen-bond donors (Lipinski definition) is 1. The SMILES string of the molecule is CN1CCN2C[C@@H](NC(=O)Cc3cn4ccsc4n3)C[C@H]2C1. The number of fused-ring (bicyclic) bond motifs is 2. The Morgan fingerprint density at radius 3 is 3.23 bits per heavy atom. The zero-order valence-corrected chi connectivity index (χ0v) is 13.6. The summed E-state index contributed by atoms with van der Waals surface area (Å²) in [7, 11) is 2.17. The number of piperazine rings is 1. The molecule has 7 heteroatoms. The largest absolute Gasteiger partial charge is 0.352 e. The Bertz CT molecular complexity index is 652. The first-order valence-corrected chi connectivity index (χ1v) is 8.68. The minimum Gasteiger partial charge on any atom is -0.352 e. The first kappa shape index (κ1) is 14.2. The molecule has 2 aromatic rings. The minimum absolute atomic E-state index is 0.0870. The maximum atomic E-state index is 12.3. The van der Waals surface area contributed by atoms with Crippen molar-refractivity contribution in [2.24, 2.45) is 0 Å². The first-order chi connectivity index (χ1) is 10.7. The molecule has 2 aromatic heterocycles. The van der Waals surface area contributed by atoms with Crippen LogP contribution in [-0.2, 0) is 11.2 Å². The first-order valence-electron chi connectivity index (χ1n) is 7.80. The lowest BCUT2D eigenvalue weighted by Gasteiger charge is -2.34. The van der Waals surface area contributed by atoms with Crippen LogP contribution in [0, 0.1) is 0 Å². The third-order valence-electron chi connectivity index (χ3n) is 4.67. The lowest BCUT2D eigenvalue weighted by Crippen LogP contribution is -2.48. The van der Waals surface area contributed by atoms with Crippen molar-refractivity contribution in [3.05, 3.63) is 23.5 Å². The van der Waals surface area contributed by atoms with Gasteiger partial charge in [0.1, 0.15) is 0 Å². The van der Waals surface area contributed by atoms with Gasteiger partial charge in [0.15, 0.2) is 4.96 Å². The zero-order chi connectivity index (χ0) is 15.1. The van der Waals surface area contributed by atoms with Gasteiger partial charge in [-0.05, 0) is 13.5 Å². The fraction of sp³-hybridized carbons (Fsp3) is 0.600. The molecular weight excluding hydrogens is 298 g/mol. The van der Waals surface area contributed by atoms with Crippen molar-refractivity contribution in [3.63, 3.8) is 0 Å². The minimum atomic E-state index is 0.0870. The van der Waals surface area contributed by atoms with Gasteiger partial charge in [-0.2, -0.15) is 0 Å². The van der Waals surface area contributed by atoms with E-state index < -0.39 is 0 Å². The van der Waals surface area contributed by atoms with Crippen LogP contribution in [0.5, 0.6) is 0 Å². The van der Waals surface area contributed by atoms with Crippen molar-refractivity contribution < 1.29 is 4.79 Å². The van der Waals surface area contributed by atoms with Crippen LogP contribution in [0.2, 0.25) is 0 Å². The smallest absolute Gasteiger partial charge is 0.226 e. The van der Waals surface area contributed by atoms with E-state index in [-0.39, 0.29) is 11.9 Å². The van der Waals surface area contributed by atoms with Crippen LogP contribution in [0.25, 0.3) is 4.96 Å². The monoisotopic (exact) mass is 319 g/mol. The van der Waals surface area contributed by atoms with E-state index in [1.165, 1.54) is 0 Å². The number of hydrogen-bond acceptors (Lipinski definition) is 5. The molecule has 2 aliphatic heterocycles. The molecule has 1 amide bonds. The summed E-state index contributed by atoms with van der Waals surface area (Å²) in [5, 5.41) is 5.19. The molecule has 22 heavy (non-hydrogen) atoms. The average Bonchev–Trinajstić information content (AvgIpc) is 3.11. The Labute approximate surface area is 133 Å². The van der Waals surface area contributed by atoms with Crippen molar-refractivity contribution in [1.29, 1.82) is 0 Å². The van der Waals surface area contributed by atoms with Crippen molar-refractivity contribution in [1.82, 2.24) is 24.5 Å². The molecule has 2 saturated heterocycles. The van der Waals surface area contributed by atoms with E-state index in [4.69, 9.17) is 0 Å². The molecule has 2 fully saturated rings. The standard InChI is InChI=1S/C15H21N5OS/c1-18-2-3-19-8-11(6-13(19)10-18)16-14(21)7-12-9-20-4-5-22-15(20)17-12/h4-5,9,11,13H,2-3,6-8,10H2,1H3,(H,16,21)/t11-,13-/m0/s1. The second kappa shape index (κ2) is 5.64. The number of thiazole rings is 1. The Hall–Kier alpha value is -1.44. The van der Waals surface area contributed by atoms with Gasteiger partial charge in [0.05, 0.1) is 12.1 Å². The molecule has 0 unspecified atom stereocenters. The van der Waals surface area contributed by atoms with E-state index in [0.717, 1.165) is 43.3 Å². The fourth-order valence-electron chi connectivity index (χ4n) is 3.61. The number of carbonyl (C=O) groups excluding carboxylic acids is 1. The van der Waals surface area contributed by atoms with E-state index in [1.807, 2.05) is 22.2 Å². The van der Waals surface area contributed by atoms with Gasteiger partial charge >= 0.3 is 0 Å². The molecule has 4 heterocycles. The number of amides is 1. The molecule has 0 bridgehead atoms. The summed E-state index contributed by atoms with van der Waals surface area (Å²) in [6, 6.07) is 0.884. The van der Waals surface area contributed by atoms with Crippen molar-refractivity contribution in [3.8, 4) is 0 Å². The highest BCUT2D eigenvalue weighted by Gasteiger charge is 2.35. The summed E-state index contributed by atoms with van der Waals surface area (Å²) in [4.78, 5) is 22.6. The van der Waals surface area contributed by atoms with E-state index in [0.29, 0.717) is 12.5 Å². The predicted molar refractivity (Wildman–Crippen MR) is 86.2 cm³/mol. The summed E-state index contributed by atoms with van der Waals surface area (Å²) < 4.78 is 1.97. The molecule has 0 saturated carbocycles. The molecule has 0 aromatic carbocycles. The predicted octanol–water partition coefficient (Wildman–Crippen LogP) is 0.443. The summed E-state index contributed by atoms with van der Waals surface area (Å²) in [5.74, 6) is 0.0870. The number of aromatic nitrogens is 2. The van der Waals surface area contributed by atoms with Gasteiger partial charge in [0.2, 0.25) is 5.91 Å². The van der Waals surface area contributed by atoms with Gasteiger partial charge in [0, 0.05) is 56.0 Å². The number of nitrogens with zero attached hydrogens (tertiary/aromatic N) is 4. The van der Waals surface area contributed by atoms with Crippen LogP contribution in [0.4, 0.5) is 0 Å². The Morgan fingerprint density at radius 1 is 1.45 bits per heavy atom. The van der Waals surface area contributed by atoms with Gasteiger partial charge in [-0.25, -0.2) is 4.98 Å². The molecule has 0 spiro atoms. The van der Waals surface area contributed by atoms with E-state index in [9.17, 15) is 4.79 Å². The molecular formula is C15H21N5OS. The van der Waals surface area contributed by atoms with Crippen molar-refractivity contribution in [2.75, 3.05) is 33.2 Å². The maximum Gasteiger partial charge on any atom is 0.226 e. The molecule has 118 valence electrons. The van der Waals surface area contributed by atoms with Gasteiger partial charge in [-0.3, -0.25) is 14.1 Å².